The second kappa shape index (κ2) is 7.63. The first kappa shape index (κ1) is 19.8. The zero-order chi connectivity index (χ0) is 21.7. The Morgan fingerprint density at radius 2 is 1.81 bits per heavy atom. The molecule has 0 aliphatic carbocycles. The van der Waals surface area contributed by atoms with Crippen molar-refractivity contribution in [2.24, 2.45) is 5.10 Å². The number of rotatable bonds is 3. The Kier molecular flexibility index (Phi) is 4.72. The quantitative estimate of drug-likeness (QED) is 0.523. The smallest absolute Gasteiger partial charge is 0.200 e. The van der Waals surface area contributed by atoms with Crippen molar-refractivity contribution >= 4 is 16.5 Å². The van der Waals surface area contributed by atoms with Crippen LogP contribution in [0, 0.1) is 6.92 Å². The van der Waals surface area contributed by atoms with Crippen LogP contribution >= 0.6 is 0 Å². The highest BCUT2D eigenvalue weighted by Gasteiger charge is 2.51. The molecule has 164 valence electrons. The van der Waals surface area contributed by atoms with Gasteiger partial charge in [-0.15, -0.1) is 0 Å². The van der Waals surface area contributed by atoms with Crippen molar-refractivity contribution in [3.8, 4) is 5.75 Å². The lowest BCUT2D eigenvalue weighted by Crippen LogP contribution is -2.59. The van der Waals surface area contributed by atoms with E-state index in [9.17, 15) is 0 Å². The molecule has 3 heterocycles. The van der Waals surface area contributed by atoms with Crippen molar-refractivity contribution in [1.82, 2.24) is 9.91 Å². The molecule has 1 spiro atoms. The third kappa shape index (κ3) is 3.20. The van der Waals surface area contributed by atoms with E-state index in [2.05, 4.69) is 84.4 Å². The van der Waals surface area contributed by atoms with E-state index >= 15 is 0 Å². The summed E-state index contributed by atoms with van der Waals surface area (Å²) in [4.78, 5) is 2.57. The second-order valence-electron chi connectivity index (χ2n) is 9.60. The lowest BCUT2D eigenvalue weighted by atomic mass is 9.90. The van der Waals surface area contributed by atoms with Crippen LogP contribution in [0.5, 0.6) is 5.75 Å². The van der Waals surface area contributed by atoms with Crippen molar-refractivity contribution in [3.63, 3.8) is 0 Å². The third-order valence-corrected chi connectivity index (χ3v) is 7.41. The minimum atomic E-state index is -0.338. The van der Waals surface area contributed by atoms with Gasteiger partial charge in [0.25, 0.3) is 0 Å². The molecular weight excluding hydrogens is 394 g/mol. The fraction of sp³-hybridized carbons (Fsp3) is 0.393. The number of fused-ring (bicyclic) bond motifs is 5. The third-order valence-electron chi connectivity index (χ3n) is 7.41. The molecule has 32 heavy (non-hydrogen) atoms. The number of hydrazone groups is 1. The van der Waals surface area contributed by atoms with Crippen LogP contribution in [0.3, 0.4) is 0 Å². The molecule has 3 aliphatic heterocycles. The number of benzene rings is 3. The topological polar surface area (TPSA) is 28.1 Å². The van der Waals surface area contributed by atoms with Crippen molar-refractivity contribution in [2.45, 2.75) is 51.3 Å². The highest BCUT2D eigenvalue weighted by molar-refractivity contribution is 6.04. The lowest BCUT2D eigenvalue weighted by Gasteiger charge is -2.51. The molecular formula is C28H31N3O. The van der Waals surface area contributed by atoms with Gasteiger partial charge in [-0.1, -0.05) is 61.0 Å². The molecule has 0 unspecified atom stereocenters. The van der Waals surface area contributed by atoms with Crippen molar-refractivity contribution < 1.29 is 4.74 Å². The molecule has 1 atom stereocenters. The Labute approximate surface area is 190 Å². The van der Waals surface area contributed by atoms with Crippen LogP contribution in [0.2, 0.25) is 0 Å². The molecule has 1 fully saturated rings. The molecule has 3 aliphatic rings. The predicted molar refractivity (Wildman–Crippen MR) is 130 cm³/mol. The van der Waals surface area contributed by atoms with Crippen LogP contribution < -0.4 is 4.74 Å². The van der Waals surface area contributed by atoms with Gasteiger partial charge in [0.1, 0.15) is 5.75 Å². The highest BCUT2D eigenvalue weighted by atomic mass is 16.5. The van der Waals surface area contributed by atoms with E-state index in [4.69, 9.17) is 9.84 Å². The van der Waals surface area contributed by atoms with Crippen LogP contribution in [-0.4, -0.2) is 41.0 Å². The standard InChI is InChI=1S/C28H31N3O/c1-3-14-30-15-12-28(13-16-30)31-26(24-17-20(2)8-11-27(24)32-28)19-25(29-31)23-10-9-21-6-4-5-7-22(21)18-23/h4-11,17-18,26H,3,12-16,19H2,1-2H3/t26-/m1/s1. The van der Waals surface area contributed by atoms with Gasteiger partial charge in [-0.05, 0) is 48.4 Å². The molecule has 0 radical (unpaired) electrons. The molecule has 3 aromatic rings. The minimum absolute atomic E-state index is 0.248. The molecule has 4 heteroatoms. The zero-order valence-electron chi connectivity index (χ0n) is 19.1. The van der Waals surface area contributed by atoms with Gasteiger partial charge in [0.05, 0.1) is 11.8 Å². The van der Waals surface area contributed by atoms with Gasteiger partial charge in [-0.25, -0.2) is 5.01 Å². The van der Waals surface area contributed by atoms with Crippen LogP contribution in [0.4, 0.5) is 0 Å². The highest BCUT2D eigenvalue weighted by Crippen LogP contribution is 2.50. The molecule has 1 saturated heterocycles. The van der Waals surface area contributed by atoms with Gasteiger partial charge in [-0.2, -0.15) is 5.10 Å². The van der Waals surface area contributed by atoms with Crippen LogP contribution in [0.25, 0.3) is 10.8 Å². The maximum absolute atomic E-state index is 6.80. The Balaban J connectivity index is 1.40. The normalized spacial score (nSPS) is 21.9. The molecule has 0 bridgehead atoms. The van der Waals surface area contributed by atoms with Gasteiger partial charge in [0, 0.05) is 37.9 Å². The first-order chi connectivity index (χ1) is 15.6. The summed E-state index contributed by atoms with van der Waals surface area (Å²) >= 11 is 0. The van der Waals surface area contributed by atoms with Gasteiger partial charge in [0.15, 0.2) is 0 Å². The van der Waals surface area contributed by atoms with Crippen LogP contribution in [-0.2, 0) is 0 Å². The van der Waals surface area contributed by atoms with Crippen molar-refractivity contribution in [1.29, 1.82) is 0 Å². The predicted octanol–water partition coefficient (Wildman–Crippen LogP) is 5.89. The average Bonchev–Trinajstić information content (AvgIpc) is 3.28. The van der Waals surface area contributed by atoms with E-state index in [1.54, 1.807) is 0 Å². The first-order valence-electron chi connectivity index (χ1n) is 12.0. The summed E-state index contributed by atoms with van der Waals surface area (Å²) in [6.45, 7) is 7.73. The van der Waals surface area contributed by atoms with E-state index in [1.807, 2.05) is 0 Å². The number of piperidine rings is 1. The maximum atomic E-state index is 6.80. The van der Waals surface area contributed by atoms with Gasteiger partial charge in [-0.3, -0.25) is 0 Å². The number of hydrogen-bond acceptors (Lipinski definition) is 4. The summed E-state index contributed by atoms with van der Waals surface area (Å²) in [5, 5.41) is 10.2. The lowest BCUT2D eigenvalue weighted by molar-refractivity contribution is -0.149. The van der Waals surface area contributed by atoms with E-state index < -0.39 is 0 Å². The molecule has 6 rings (SSSR count). The molecule has 3 aromatic carbocycles. The zero-order valence-corrected chi connectivity index (χ0v) is 19.1. The number of ether oxygens (including phenoxy) is 1. The van der Waals surface area contributed by atoms with Crippen molar-refractivity contribution in [3.05, 3.63) is 77.4 Å². The van der Waals surface area contributed by atoms with E-state index in [1.165, 1.54) is 46.1 Å². The number of aryl methyl sites for hydroxylation is 1. The van der Waals surface area contributed by atoms with Gasteiger partial charge >= 0.3 is 0 Å². The van der Waals surface area contributed by atoms with Crippen LogP contribution in [0.15, 0.2) is 65.8 Å². The summed E-state index contributed by atoms with van der Waals surface area (Å²) in [5.41, 5.74) is 4.63. The molecule has 4 nitrogen and oxygen atoms in total. The molecule has 0 aromatic heterocycles. The maximum Gasteiger partial charge on any atom is 0.200 e. The summed E-state index contributed by atoms with van der Waals surface area (Å²) in [7, 11) is 0. The van der Waals surface area contributed by atoms with E-state index in [0.717, 1.165) is 38.1 Å². The van der Waals surface area contributed by atoms with E-state index in [-0.39, 0.29) is 11.8 Å². The Morgan fingerprint density at radius 3 is 2.62 bits per heavy atom. The van der Waals surface area contributed by atoms with Crippen LogP contribution in [0.1, 0.15) is 55.3 Å². The molecule has 0 saturated carbocycles. The Morgan fingerprint density at radius 1 is 1.00 bits per heavy atom. The van der Waals surface area contributed by atoms with E-state index in [0.29, 0.717) is 0 Å². The summed E-state index contributed by atoms with van der Waals surface area (Å²) < 4.78 is 6.80. The Bertz CT molecular complexity index is 1190. The number of likely N-dealkylation sites (tertiary alicyclic amines) is 1. The van der Waals surface area contributed by atoms with Crippen molar-refractivity contribution in [2.75, 3.05) is 19.6 Å². The second-order valence-corrected chi connectivity index (χ2v) is 9.60. The first-order valence-corrected chi connectivity index (χ1v) is 12.0. The fourth-order valence-electron chi connectivity index (χ4n) is 5.72. The van der Waals surface area contributed by atoms with Gasteiger partial charge < -0.3 is 9.64 Å². The van der Waals surface area contributed by atoms with Gasteiger partial charge in [0.2, 0.25) is 5.72 Å². The monoisotopic (exact) mass is 425 g/mol. The minimum Gasteiger partial charge on any atom is -0.466 e. The average molecular weight is 426 g/mol. The summed E-state index contributed by atoms with van der Waals surface area (Å²) in [5.74, 6) is 1.05. The SMILES string of the molecule is CCCN1CCC2(CC1)Oc1ccc(C)cc1[C@H]1CC(c3ccc4ccccc4c3)=NN12. The fourth-order valence-corrected chi connectivity index (χ4v) is 5.72. The Hall–Kier alpha value is -2.85. The summed E-state index contributed by atoms with van der Waals surface area (Å²) in [6, 6.07) is 22.2. The number of nitrogens with zero attached hydrogens (tertiary/aromatic N) is 3. The number of hydrogen-bond donors (Lipinski definition) is 0. The largest absolute Gasteiger partial charge is 0.466 e. The molecule has 0 amide bonds. The molecule has 0 N–H and O–H groups in total. The summed E-state index contributed by atoms with van der Waals surface area (Å²) in [6.07, 6.45) is 4.11.